The number of ether oxygens (including phenoxy) is 1. The van der Waals surface area contributed by atoms with Crippen molar-refractivity contribution in [3.8, 4) is 5.75 Å². The zero-order valence-electron chi connectivity index (χ0n) is 13.7. The van der Waals surface area contributed by atoms with Crippen LogP contribution in [0.1, 0.15) is 36.8 Å². The van der Waals surface area contributed by atoms with Gasteiger partial charge in [0.25, 0.3) is 0 Å². The third-order valence-corrected chi connectivity index (χ3v) is 4.68. The molecule has 2 N–H and O–H groups in total. The largest absolute Gasteiger partial charge is 0.489 e. The molecule has 1 heterocycles. The Labute approximate surface area is 147 Å². The number of hydrogen-bond acceptors (Lipinski definition) is 4. The molecule has 24 heavy (non-hydrogen) atoms. The smallest absolute Gasteiger partial charge is 0.124 e. The highest BCUT2D eigenvalue weighted by molar-refractivity contribution is 6.30. The third-order valence-electron chi connectivity index (χ3n) is 4.44. The third kappa shape index (κ3) is 4.69. The molecule has 0 radical (unpaired) electrons. The molecule has 0 spiro atoms. The van der Waals surface area contributed by atoms with Gasteiger partial charge in [-0.3, -0.25) is 4.98 Å². The topological polar surface area (TPSA) is 54.4 Å². The minimum absolute atomic E-state index is 0.465. The minimum atomic E-state index is -0.560. The van der Waals surface area contributed by atoms with E-state index in [1.165, 1.54) is 0 Å². The van der Waals surface area contributed by atoms with Gasteiger partial charge < -0.3 is 15.2 Å². The maximum Gasteiger partial charge on any atom is 0.124 e. The van der Waals surface area contributed by atoms with Crippen LogP contribution in [0.2, 0.25) is 5.02 Å². The summed E-state index contributed by atoms with van der Waals surface area (Å²) in [6, 6.07) is 9.50. The second kappa shape index (κ2) is 7.97. The summed E-state index contributed by atoms with van der Waals surface area (Å²) < 4.78 is 5.92. The first-order valence-electron chi connectivity index (χ1n) is 8.38. The van der Waals surface area contributed by atoms with E-state index in [0.717, 1.165) is 42.6 Å². The predicted octanol–water partition coefficient (Wildman–Crippen LogP) is 3.71. The van der Waals surface area contributed by atoms with Crippen LogP contribution < -0.4 is 10.1 Å². The van der Waals surface area contributed by atoms with Gasteiger partial charge in [-0.1, -0.05) is 30.5 Å². The Morgan fingerprint density at radius 2 is 2.08 bits per heavy atom. The van der Waals surface area contributed by atoms with E-state index in [1.807, 2.05) is 30.3 Å². The van der Waals surface area contributed by atoms with E-state index < -0.39 is 5.60 Å². The number of aromatic nitrogens is 1. The average Bonchev–Trinajstić information content (AvgIpc) is 3.02. The maximum absolute atomic E-state index is 10.4. The van der Waals surface area contributed by atoms with Crippen molar-refractivity contribution in [2.75, 3.05) is 6.54 Å². The van der Waals surface area contributed by atoms with Gasteiger partial charge in [0.05, 0.1) is 5.60 Å². The van der Waals surface area contributed by atoms with Crippen molar-refractivity contribution < 1.29 is 9.84 Å². The second-order valence-electron chi connectivity index (χ2n) is 6.44. The normalized spacial score (nSPS) is 16.2. The van der Waals surface area contributed by atoms with Crippen molar-refractivity contribution in [2.24, 2.45) is 0 Å². The average molecular weight is 347 g/mol. The van der Waals surface area contributed by atoms with Crippen molar-refractivity contribution in [2.45, 2.75) is 44.4 Å². The first kappa shape index (κ1) is 17.2. The molecule has 128 valence electrons. The molecular formula is C19H23ClN2O2. The Kier molecular flexibility index (Phi) is 5.72. The highest BCUT2D eigenvalue weighted by Gasteiger charge is 2.30. The Hall–Kier alpha value is -1.62. The standard InChI is InChI=1S/C19H23ClN2O2/c20-17-5-6-18(24-13-15-4-3-9-21-11-15)16(10-17)12-22-14-19(23)7-1-2-8-19/h3-6,9-11,22-23H,1-2,7-8,12-14H2. The maximum atomic E-state index is 10.4. The van der Waals surface area contributed by atoms with Crippen molar-refractivity contribution in [3.63, 3.8) is 0 Å². The molecule has 0 amide bonds. The lowest BCUT2D eigenvalue weighted by atomic mass is 10.0. The van der Waals surface area contributed by atoms with E-state index in [9.17, 15) is 5.11 Å². The Balaban J connectivity index is 1.60. The van der Waals surface area contributed by atoms with Crippen LogP contribution in [0.5, 0.6) is 5.75 Å². The Bertz CT molecular complexity index is 658. The van der Waals surface area contributed by atoms with Gasteiger partial charge in [0.2, 0.25) is 0 Å². The quantitative estimate of drug-likeness (QED) is 0.802. The molecule has 3 rings (SSSR count). The summed E-state index contributed by atoms with van der Waals surface area (Å²) in [6.07, 6.45) is 7.50. The van der Waals surface area contributed by atoms with Crippen molar-refractivity contribution in [3.05, 3.63) is 58.9 Å². The molecule has 4 nitrogen and oxygen atoms in total. The lowest BCUT2D eigenvalue weighted by molar-refractivity contribution is 0.0474. The molecule has 0 bridgehead atoms. The fourth-order valence-corrected chi connectivity index (χ4v) is 3.31. The molecule has 0 saturated heterocycles. The molecule has 1 aliphatic rings. The van der Waals surface area contributed by atoms with E-state index >= 15 is 0 Å². The lowest BCUT2D eigenvalue weighted by Gasteiger charge is -2.23. The van der Waals surface area contributed by atoms with Gasteiger partial charge in [-0.05, 0) is 37.1 Å². The molecule has 5 heteroatoms. The fraction of sp³-hybridized carbons (Fsp3) is 0.421. The van der Waals surface area contributed by atoms with Crippen LogP contribution in [-0.4, -0.2) is 22.2 Å². The van der Waals surface area contributed by atoms with E-state index in [4.69, 9.17) is 16.3 Å². The van der Waals surface area contributed by atoms with Crippen molar-refractivity contribution in [1.82, 2.24) is 10.3 Å². The summed E-state index contributed by atoms with van der Waals surface area (Å²) in [5.74, 6) is 0.800. The van der Waals surface area contributed by atoms with E-state index in [0.29, 0.717) is 24.7 Å². The van der Waals surface area contributed by atoms with Crippen LogP contribution >= 0.6 is 11.6 Å². The van der Waals surface area contributed by atoms with E-state index in [1.54, 1.807) is 12.4 Å². The molecule has 1 aromatic carbocycles. The highest BCUT2D eigenvalue weighted by atomic mass is 35.5. The van der Waals surface area contributed by atoms with Crippen molar-refractivity contribution in [1.29, 1.82) is 0 Å². The number of nitrogens with one attached hydrogen (secondary N) is 1. The van der Waals surface area contributed by atoms with E-state index in [2.05, 4.69) is 10.3 Å². The van der Waals surface area contributed by atoms with Gasteiger partial charge in [0, 0.05) is 41.6 Å². The van der Waals surface area contributed by atoms with Crippen LogP contribution in [0.4, 0.5) is 0 Å². The molecule has 2 aromatic rings. The SMILES string of the molecule is OC1(CNCc2cc(Cl)ccc2OCc2cccnc2)CCCC1. The molecule has 0 atom stereocenters. The number of benzene rings is 1. The minimum Gasteiger partial charge on any atom is -0.489 e. The number of hydrogen-bond donors (Lipinski definition) is 2. The Morgan fingerprint density at radius 1 is 1.25 bits per heavy atom. The van der Waals surface area contributed by atoms with Crippen LogP contribution in [0.25, 0.3) is 0 Å². The first-order valence-corrected chi connectivity index (χ1v) is 8.76. The molecular weight excluding hydrogens is 324 g/mol. The van der Waals surface area contributed by atoms with Gasteiger partial charge in [0.15, 0.2) is 0 Å². The molecule has 1 aliphatic carbocycles. The predicted molar refractivity (Wildman–Crippen MR) is 95.1 cm³/mol. The molecule has 0 aliphatic heterocycles. The summed E-state index contributed by atoms with van der Waals surface area (Å²) in [5, 5.41) is 14.4. The summed E-state index contributed by atoms with van der Waals surface area (Å²) in [7, 11) is 0. The van der Waals surface area contributed by atoms with Gasteiger partial charge >= 0.3 is 0 Å². The number of pyridine rings is 1. The van der Waals surface area contributed by atoms with Crippen LogP contribution in [0, 0.1) is 0 Å². The van der Waals surface area contributed by atoms with Gasteiger partial charge in [0.1, 0.15) is 12.4 Å². The molecule has 1 aromatic heterocycles. The molecule has 0 unspecified atom stereocenters. The van der Waals surface area contributed by atoms with Crippen LogP contribution in [0.3, 0.4) is 0 Å². The molecule has 1 fully saturated rings. The summed E-state index contributed by atoms with van der Waals surface area (Å²) in [5.41, 5.74) is 1.45. The van der Waals surface area contributed by atoms with Gasteiger partial charge in [-0.25, -0.2) is 0 Å². The number of rotatable bonds is 7. The summed E-state index contributed by atoms with van der Waals surface area (Å²) in [4.78, 5) is 4.09. The zero-order valence-corrected chi connectivity index (χ0v) is 14.4. The van der Waals surface area contributed by atoms with Crippen molar-refractivity contribution >= 4 is 11.6 Å². The van der Waals surface area contributed by atoms with Gasteiger partial charge in [-0.2, -0.15) is 0 Å². The lowest BCUT2D eigenvalue weighted by Crippen LogP contribution is -2.37. The van der Waals surface area contributed by atoms with Crippen LogP contribution in [0.15, 0.2) is 42.7 Å². The van der Waals surface area contributed by atoms with Crippen LogP contribution in [-0.2, 0) is 13.2 Å². The van der Waals surface area contributed by atoms with E-state index in [-0.39, 0.29) is 0 Å². The highest BCUT2D eigenvalue weighted by Crippen LogP contribution is 2.29. The first-order chi connectivity index (χ1) is 11.6. The number of aliphatic hydroxyl groups is 1. The fourth-order valence-electron chi connectivity index (χ4n) is 3.11. The van der Waals surface area contributed by atoms with Gasteiger partial charge in [-0.15, -0.1) is 0 Å². The number of nitrogens with zero attached hydrogens (tertiary/aromatic N) is 1. The zero-order chi connectivity index (χ0) is 16.8. The summed E-state index contributed by atoms with van der Waals surface area (Å²) in [6.45, 7) is 1.68. The number of halogens is 1. The summed E-state index contributed by atoms with van der Waals surface area (Å²) >= 11 is 6.12. The molecule has 1 saturated carbocycles. The monoisotopic (exact) mass is 346 g/mol. The second-order valence-corrected chi connectivity index (χ2v) is 6.87. The Morgan fingerprint density at radius 3 is 2.83 bits per heavy atom.